The molecule has 0 spiro atoms. The zero-order valence-corrected chi connectivity index (χ0v) is 12.0. The van der Waals surface area contributed by atoms with Crippen LogP contribution >= 0.6 is 0 Å². The maximum absolute atomic E-state index is 11.9. The highest BCUT2D eigenvalue weighted by atomic mass is 16.5. The average Bonchev–Trinajstić information content (AvgIpc) is 2.84. The zero-order valence-electron chi connectivity index (χ0n) is 12.0. The number of benzene rings is 1. The van der Waals surface area contributed by atoms with E-state index < -0.39 is 5.76 Å². The number of hydrogen-bond acceptors (Lipinski definition) is 5. The van der Waals surface area contributed by atoms with E-state index in [2.05, 4.69) is 4.98 Å². The monoisotopic (exact) mass is 298 g/mol. The Kier molecular flexibility index (Phi) is 3.74. The van der Waals surface area contributed by atoms with Crippen LogP contribution in [0.15, 0.2) is 51.8 Å². The molecule has 22 heavy (non-hydrogen) atoms. The number of oxazole rings is 1. The summed E-state index contributed by atoms with van der Waals surface area (Å²) in [5, 5.41) is 0. The van der Waals surface area contributed by atoms with Gasteiger partial charge in [-0.15, -0.1) is 0 Å². The largest absolute Gasteiger partial charge is 0.462 e. The highest BCUT2D eigenvalue weighted by Crippen LogP contribution is 2.12. The number of carbonyl (C=O) groups excluding carboxylic acids is 1. The molecule has 0 bridgehead atoms. The predicted octanol–water partition coefficient (Wildman–Crippen LogP) is 2.21. The van der Waals surface area contributed by atoms with Crippen molar-refractivity contribution in [1.82, 2.24) is 9.55 Å². The molecular formula is C16H14N2O4. The van der Waals surface area contributed by atoms with Crippen LogP contribution in [0.4, 0.5) is 0 Å². The van der Waals surface area contributed by atoms with Crippen LogP contribution in [0.2, 0.25) is 0 Å². The standard InChI is InChI=1S/C16H14N2O4/c1-2-21-15(19)12-7-5-11(6-8-12)10-18-14-13(22-16(18)20)4-3-9-17-14/h3-9H,2,10H2,1H3. The Morgan fingerprint density at radius 3 is 2.77 bits per heavy atom. The molecule has 0 aliphatic rings. The average molecular weight is 298 g/mol. The van der Waals surface area contributed by atoms with Gasteiger partial charge in [-0.05, 0) is 36.8 Å². The summed E-state index contributed by atoms with van der Waals surface area (Å²) in [6, 6.07) is 10.3. The van der Waals surface area contributed by atoms with Gasteiger partial charge >= 0.3 is 11.7 Å². The minimum Gasteiger partial charge on any atom is -0.462 e. The second-order valence-electron chi connectivity index (χ2n) is 4.70. The molecule has 0 amide bonds. The fourth-order valence-electron chi connectivity index (χ4n) is 2.18. The van der Waals surface area contributed by atoms with E-state index in [1.807, 2.05) is 0 Å². The fourth-order valence-corrected chi connectivity index (χ4v) is 2.18. The Balaban J connectivity index is 1.88. The van der Waals surface area contributed by atoms with Crippen molar-refractivity contribution in [2.75, 3.05) is 6.61 Å². The van der Waals surface area contributed by atoms with Gasteiger partial charge in [0.1, 0.15) is 0 Å². The molecule has 2 aromatic heterocycles. The molecule has 6 heteroatoms. The van der Waals surface area contributed by atoms with Gasteiger partial charge in [0.25, 0.3) is 0 Å². The van der Waals surface area contributed by atoms with Crippen LogP contribution in [-0.2, 0) is 11.3 Å². The number of rotatable bonds is 4. The third-order valence-corrected chi connectivity index (χ3v) is 3.23. The van der Waals surface area contributed by atoms with Gasteiger partial charge in [-0.2, -0.15) is 0 Å². The third-order valence-electron chi connectivity index (χ3n) is 3.23. The van der Waals surface area contributed by atoms with E-state index in [1.54, 1.807) is 49.5 Å². The molecule has 112 valence electrons. The highest BCUT2D eigenvalue weighted by molar-refractivity contribution is 5.89. The number of aromatic nitrogens is 2. The summed E-state index contributed by atoms with van der Waals surface area (Å²) < 4.78 is 11.5. The van der Waals surface area contributed by atoms with Crippen LogP contribution < -0.4 is 5.76 Å². The second kappa shape index (κ2) is 5.85. The first-order valence-electron chi connectivity index (χ1n) is 6.89. The molecule has 3 rings (SSSR count). The van der Waals surface area contributed by atoms with E-state index in [9.17, 15) is 9.59 Å². The lowest BCUT2D eigenvalue weighted by atomic mass is 10.1. The van der Waals surface area contributed by atoms with Crippen LogP contribution in [0.3, 0.4) is 0 Å². The summed E-state index contributed by atoms with van der Waals surface area (Å²) in [5.41, 5.74) is 2.30. The summed E-state index contributed by atoms with van der Waals surface area (Å²) >= 11 is 0. The molecule has 0 N–H and O–H groups in total. The Bertz CT molecular complexity index is 862. The van der Waals surface area contributed by atoms with E-state index in [0.29, 0.717) is 29.9 Å². The molecule has 1 aromatic carbocycles. The normalized spacial score (nSPS) is 10.8. The zero-order chi connectivity index (χ0) is 15.5. The van der Waals surface area contributed by atoms with E-state index in [1.165, 1.54) is 4.57 Å². The number of nitrogens with zero attached hydrogens (tertiary/aromatic N) is 2. The molecule has 6 nitrogen and oxygen atoms in total. The Hall–Kier alpha value is -2.89. The minimum atomic E-state index is -0.455. The molecule has 0 unspecified atom stereocenters. The van der Waals surface area contributed by atoms with Crippen LogP contribution in [0, 0.1) is 0 Å². The van der Waals surface area contributed by atoms with Crippen LogP contribution in [0.25, 0.3) is 11.2 Å². The predicted molar refractivity (Wildman–Crippen MR) is 79.8 cm³/mol. The summed E-state index contributed by atoms with van der Waals surface area (Å²) in [5.74, 6) is -0.815. The molecule has 0 saturated heterocycles. The number of pyridine rings is 1. The van der Waals surface area contributed by atoms with Crippen molar-refractivity contribution >= 4 is 17.2 Å². The maximum atomic E-state index is 11.9. The number of ether oxygens (including phenoxy) is 1. The molecular weight excluding hydrogens is 284 g/mol. The Morgan fingerprint density at radius 1 is 1.27 bits per heavy atom. The van der Waals surface area contributed by atoms with E-state index in [4.69, 9.17) is 9.15 Å². The van der Waals surface area contributed by atoms with E-state index in [0.717, 1.165) is 5.56 Å². The quantitative estimate of drug-likeness (QED) is 0.690. The van der Waals surface area contributed by atoms with Crippen molar-refractivity contribution in [2.45, 2.75) is 13.5 Å². The van der Waals surface area contributed by atoms with Gasteiger partial charge in [-0.3, -0.25) is 4.57 Å². The van der Waals surface area contributed by atoms with Gasteiger partial charge in [0.2, 0.25) is 0 Å². The summed E-state index contributed by atoms with van der Waals surface area (Å²) in [7, 11) is 0. The smallest absolute Gasteiger partial charge is 0.421 e. The number of esters is 1. The lowest BCUT2D eigenvalue weighted by Crippen LogP contribution is -2.15. The van der Waals surface area contributed by atoms with Gasteiger partial charge in [0.05, 0.1) is 18.7 Å². The molecule has 0 atom stereocenters. The number of hydrogen-bond donors (Lipinski definition) is 0. The van der Waals surface area contributed by atoms with E-state index in [-0.39, 0.29) is 5.97 Å². The lowest BCUT2D eigenvalue weighted by Gasteiger charge is -2.04. The third kappa shape index (κ3) is 2.63. The van der Waals surface area contributed by atoms with E-state index >= 15 is 0 Å². The van der Waals surface area contributed by atoms with Gasteiger partial charge in [-0.1, -0.05) is 12.1 Å². The van der Waals surface area contributed by atoms with Crippen molar-refractivity contribution in [3.05, 3.63) is 64.3 Å². The molecule has 3 aromatic rings. The van der Waals surface area contributed by atoms with Crippen LogP contribution in [-0.4, -0.2) is 22.1 Å². The van der Waals surface area contributed by atoms with Gasteiger partial charge in [-0.25, -0.2) is 14.6 Å². The van der Waals surface area contributed by atoms with Crippen LogP contribution in [0.1, 0.15) is 22.8 Å². The van der Waals surface area contributed by atoms with Crippen molar-refractivity contribution in [1.29, 1.82) is 0 Å². The molecule has 0 saturated carbocycles. The van der Waals surface area contributed by atoms with Gasteiger partial charge in [0.15, 0.2) is 11.2 Å². The molecule has 0 radical (unpaired) electrons. The topological polar surface area (TPSA) is 74.3 Å². The first kappa shape index (κ1) is 14.1. The van der Waals surface area contributed by atoms with Crippen LogP contribution in [0.5, 0.6) is 0 Å². The Labute approximate surface area is 126 Å². The van der Waals surface area contributed by atoms with Crippen molar-refractivity contribution in [2.24, 2.45) is 0 Å². The first-order valence-corrected chi connectivity index (χ1v) is 6.89. The number of fused-ring (bicyclic) bond motifs is 1. The molecule has 0 aliphatic carbocycles. The Morgan fingerprint density at radius 2 is 2.05 bits per heavy atom. The van der Waals surface area contributed by atoms with Crippen molar-refractivity contribution in [3.63, 3.8) is 0 Å². The molecule has 0 aliphatic heterocycles. The second-order valence-corrected chi connectivity index (χ2v) is 4.70. The molecule has 2 heterocycles. The lowest BCUT2D eigenvalue weighted by molar-refractivity contribution is 0.0526. The number of carbonyl (C=O) groups is 1. The highest BCUT2D eigenvalue weighted by Gasteiger charge is 2.11. The van der Waals surface area contributed by atoms with Gasteiger partial charge in [0, 0.05) is 6.20 Å². The van der Waals surface area contributed by atoms with Crippen molar-refractivity contribution < 1.29 is 13.9 Å². The minimum absolute atomic E-state index is 0.325. The fraction of sp³-hybridized carbons (Fsp3) is 0.188. The first-order chi connectivity index (χ1) is 10.7. The maximum Gasteiger partial charge on any atom is 0.421 e. The van der Waals surface area contributed by atoms with Crippen molar-refractivity contribution in [3.8, 4) is 0 Å². The summed E-state index contributed by atoms with van der Waals surface area (Å²) in [4.78, 5) is 27.6. The van der Waals surface area contributed by atoms with Gasteiger partial charge < -0.3 is 9.15 Å². The molecule has 0 fully saturated rings. The SMILES string of the molecule is CCOC(=O)c1ccc(Cn2c(=O)oc3cccnc32)cc1. The summed E-state index contributed by atoms with van der Waals surface area (Å²) in [6.45, 7) is 2.42. The summed E-state index contributed by atoms with van der Waals surface area (Å²) in [6.07, 6.45) is 1.61.